The second-order valence-corrected chi connectivity index (χ2v) is 9.24. The minimum Gasteiger partial charge on any atom is -0.368 e. The predicted molar refractivity (Wildman–Crippen MR) is 118 cm³/mol. The molecular weight excluding hydrogens is 394 g/mol. The zero-order chi connectivity index (χ0) is 22.0. The fourth-order valence-electron chi connectivity index (χ4n) is 4.93. The molecule has 3 atom stereocenters. The topological polar surface area (TPSA) is 100 Å². The molecule has 2 fully saturated rings. The van der Waals surface area contributed by atoms with Crippen LogP contribution in [0.15, 0.2) is 30.5 Å². The SMILES string of the molecule is CC[C@@H]1OCC(=O)[C@H]1NC(=O)[C@H](CC1(C)CCCC1)NC(=O)c1ccc2[nH]ccc2c1. The molecule has 4 rings (SSSR count). The summed E-state index contributed by atoms with van der Waals surface area (Å²) in [6.45, 7) is 4.13. The van der Waals surface area contributed by atoms with Crippen molar-refractivity contribution >= 4 is 28.5 Å². The van der Waals surface area contributed by atoms with Crippen LogP contribution in [-0.2, 0) is 14.3 Å². The summed E-state index contributed by atoms with van der Waals surface area (Å²) in [6.07, 6.45) is 7.04. The highest BCUT2D eigenvalue weighted by atomic mass is 16.5. The van der Waals surface area contributed by atoms with Gasteiger partial charge in [0, 0.05) is 22.7 Å². The quantitative estimate of drug-likeness (QED) is 0.635. The number of rotatable bonds is 7. The Balaban J connectivity index is 1.52. The van der Waals surface area contributed by atoms with Crippen LogP contribution < -0.4 is 10.6 Å². The third-order valence-corrected chi connectivity index (χ3v) is 6.80. The zero-order valence-corrected chi connectivity index (χ0v) is 18.2. The molecule has 3 N–H and O–H groups in total. The van der Waals surface area contributed by atoms with Gasteiger partial charge in [0.05, 0.1) is 6.10 Å². The van der Waals surface area contributed by atoms with Gasteiger partial charge in [0.1, 0.15) is 18.7 Å². The van der Waals surface area contributed by atoms with E-state index in [1.165, 1.54) is 0 Å². The van der Waals surface area contributed by atoms with Crippen LogP contribution in [0.1, 0.15) is 62.7 Å². The molecule has 0 radical (unpaired) electrons. The minimum absolute atomic E-state index is 0.000220. The van der Waals surface area contributed by atoms with Gasteiger partial charge in [-0.15, -0.1) is 0 Å². The molecule has 166 valence electrons. The molecule has 7 nitrogen and oxygen atoms in total. The molecular formula is C24H31N3O4. The Hall–Kier alpha value is -2.67. The molecule has 0 bridgehead atoms. The normalized spacial score (nSPS) is 23.7. The standard InChI is InChI=1S/C24H31N3O4/c1-3-20-21(19(28)14-31-20)27-23(30)18(13-24(2)9-4-5-10-24)26-22(29)16-6-7-17-15(12-16)8-11-25-17/h6-8,11-12,18,20-21,25H,3-5,9-10,13-14H2,1-2H3,(H,26,29)(H,27,30)/t18-,20-,21+/m0/s1. The van der Waals surface area contributed by atoms with Gasteiger partial charge in [-0.1, -0.05) is 26.7 Å². The summed E-state index contributed by atoms with van der Waals surface area (Å²) in [5, 5.41) is 6.76. The number of nitrogens with one attached hydrogen (secondary N) is 3. The second kappa shape index (κ2) is 8.83. The lowest BCUT2D eigenvalue weighted by atomic mass is 9.81. The van der Waals surface area contributed by atoms with Crippen LogP contribution in [0.3, 0.4) is 0 Å². The van der Waals surface area contributed by atoms with Gasteiger partial charge >= 0.3 is 0 Å². The number of hydrogen-bond donors (Lipinski definition) is 3. The summed E-state index contributed by atoms with van der Waals surface area (Å²) < 4.78 is 5.49. The van der Waals surface area contributed by atoms with Gasteiger partial charge in [0.2, 0.25) is 5.91 Å². The fraction of sp³-hybridized carbons (Fsp3) is 0.542. The predicted octanol–water partition coefficient (Wildman–Crippen LogP) is 3.10. The van der Waals surface area contributed by atoms with Crippen LogP contribution in [0, 0.1) is 5.41 Å². The number of hydrogen-bond acceptors (Lipinski definition) is 4. The summed E-state index contributed by atoms with van der Waals surface area (Å²) in [4.78, 5) is 41.6. The van der Waals surface area contributed by atoms with Gasteiger partial charge in [-0.25, -0.2) is 0 Å². The van der Waals surface area contributed by atoms with E-state index in [2.05, 4.69) is 22.5 Å². The first-order valence-electron chi connectivity index (χ1n) is 11.2. The highest BCUT2D eigenvalue weighted by Gasteiger charge is 2.39. The first-order chi connectivity index (χ1) is 14.9. The van der Waals surface area contributed by atoms with Crippen molar-refractivity contribution < 1.29 is 19.1 Å². The number of benzene rings is 1. The van der Waals surface area contributed by atoms with Gasteiger partial charge in [0.15, 0.2) is 5.78 Å². The summed E-state index contributed by atoms with van der Waals surface area (Å²) in [5.41, 5.74) is 1.46. The second-order valence-electron chi connectivity index (χ2n) is 9.24. The highest BCUT2D eigenvalue weighted by molar-refractivity contribution is 6.01. The van der Waals surface area contributed by atoms with Crippen LogP contribution in [0.2, 0.25) is 0 Å². The van der Waals surface area contributed by atoms with Crippen LogP contribution >= 0.6 is 0 Å². The Morgan fingerprint density at radius 3 is 2.77 bits per heavy atom. The van der Waals surface area contributed by atoms with Crippen molar-refractivity contribution in [3.8, 4) is 0 Å². The molecule has 1 aliphatic heterocycles. The average molecular weight is 426 g/mol. The van der Waals surface area contributed by atoms with Crippen LogP contribution in [0.4, 0.5) is 0 Å². The largest absolute Gasteiger partial charge is 0.368 e. The Labute approximate surface area is 182 Å². The molecule has 1 saturated carbocycles. The van der Waals surface area contributed by atoms with E-state index in [4.69, 9.17) is 4.74 Å². The van der Waals surface area contributed by atoms with Crippen molar-refractivity contribution in [1.29, 1.82) is 0 Å². The molecule has 0 unspecified atom stereocenters. The Bertz CT molecular complexity index is 976. The van der Waals surface area contributed by atoms with Crippen molar-refractivity contribution in [2.45, 2.75) is 70.6 Å². The van der Waals surface area contributed by atoms with E-state index in [0.717, 1.165) is 36.6 Å². The molecule has 2 aromatic rings. The van der Waals surface area contributed by atoms with Crippen molar-refractivity contribution in [2.75, 3.05) is 6.61 Å². The molecule has 7 heteroatoms. The van der Waals surface area contributed by atoms with E-state index in [1.807, 2.05) is 31.3 Å². The van der Waals surface area contributed by atoms with Gasteiger partial charge in [-0.3, -0.25) is 14.4 Å². The van der Waals surface area contributed by atoms with E-state index in [1.54, 1.807) is 6.07 Å². The number of Topliss-reactive ketones (excluding diaryl/α,β-unsaturated/α-hetero) is 1. The number of amides is 2. The lowest BCUT2D eigenvalue weighted by molar-refractivity contribution is -0.128. The van der Waals surface area contributed by atoms with Gasteiger partial charge in [-0.05, 0) is 55.4 Å². The molecule has 1 aromatic heterocycles. The maximum absolute atomic E-state index is 13.2. The van der Waals surface area contributed by atoms with Gasteiger partial charge in [0.25, 0.3) is 5.91 Å². The Morgan fingerprint density at radius 1 is 1.26 bits per heavy atom. The molecule has 2 amide bonds. The average Bonchev–Trinajstić information content (AvgIpc) is 3.48. The number of carbonyl (C=O) groups is 3. The number of H-pyrrole nitrogens is 1. The highest BCUT2D eigenvalue weighted by Crippen LogP contribution is 2.41. The molecule has 31 heavy (non-hydrogen) atoms. The minimum atomic E-state index is -0.705. The van der Waals surface area contributed by atoms with Gasteiger partial charge in [-0.2, -0.15) is 0 Å². The van der Waals surface area contributed by atoms with E-state index in [-0.39, 0.29) is 35.7 Å². The maximum atomic E-state index is 13.2. The number of carbonyl (C=O) groups excluding carboxylic acids is 3. The lowest BCUT2D eigenvalue weighted by Gasteiger charge is -2.30. The lowest BCUT2D eigenvalue weighted by Crippen LogP contribution is -2.54. The van der Waals surface area contributed by atoms with Crippen LogP contribution in [0.25, 0.3) is 10.9 Å². The number of aromatic amines is 1. The molecule has 1 saturated heterocycles. The number of ether oxygens (including phenoxy) is 1. The monoisotopic (exact) mass is 425 g/mol. The number of ketones is 1. The molecule has 1 aromatic carbocycles. The first kappa shape index (κ1) is 21.6. The van der Waals surface area contributed by atoms with Crippen molar-refractivity contribution in [2.24, 2.45) is 5.41 Å². The maximum Gasteiger partial charge on any atom is 0.251 e. The molecule has 2 aliphatic rings. The first-order valence-corrected chi connectivity index (χ1v) is 11.2. The van der Waals surface area contributed by atoms with Crippen molar-refractivity contribution in [1.82, 2.24) is 15.6 Å². The Morgan fingerprint density at radius 2 is 2.03 bits per heavy atom. The Kier molecular flexibility index (Phi) is 6.14. The van der Waals surface area contributed by atoms with Crippen LogP contribution in [-0.4, -0.2) is 47.4 Å². The van der Waals surface area contributed by atoms with Crippen molar-refractivity contribution in [3.05, 3.63) is 36.0 Å². The summed E-state index contributed by atoms with van der Waals surface area (Å²) in [5.74, 6) is -0.715. The summed E-state index contributed by atoms with van der Waals surface area (Å²) >= 11 is 0. The summed E-state index contributed by atoms with van der Waals surface area (Å²) in [7, 11) is 0. The van der Waals surface area contributed by atoms with Gasteiger partial charge < -0.3 is 20.4 Å². The molecule has 2 heterocycles. The third-order valence-electron chi connectivity index (χ3n) is 6.80. The van der Waals surface area contributed by atoms with E-state index < -0.39 is 12.1 Å². The third kappa shape index (κ3) is 4.66. The fourth-order valence-corrected chi connectivity index (χ4v) is 4.93. The molecule has 1 aliphatic carbocycles. The van der Waals surface area contributed by atoms with Crippen molar-refractivity contribution in [3.63, 3.8) is 0 Å². The molecule has 0 spiro atoms. The number of aromatic nitrogens is 1. The smallest absolute Gasteiger partial charge is 0.251 e. The van der Waals surface area contributed by atoms with E-state index in [0.29, 0.717) is 18.4 Å². The number of fused-ring (bicyclic) bond motifs is 1. The van der Waals surface area contributed by atoms with Crippen LogP contribution in [0.5, 0.6) is 0 Å². The van der Waals surface area contributed by atoms with E-state index >= 15 is 0 Å². The zero-order valence-electron chi connectivity index (χ0n) is 18.2. The van der Waals surface area contributed by atoms with E-state index in [9.17, 15) is 14.4 Å². The summed E-state index contributed by atoms with van der Waals surface area (Å²) in [6, 6.07) is 5.98.